The van der Waals surface area contributed by atoms with Crippen LogP contribution in [0.1, 0.15) is 21.5 Å². The number of aryl methyl sites for hydroxylation is 1. The lowest BCUT2D eigenvalue weighted by Crippen LogP contribution is -2.24. The Morgan fingerprint density at radius 1 is 0.879 bits per heavy atom. The van der Waals surface area contributed by atoms with E-state index in [4.69, 9.17) is 9.47 Å². The van der Waals surface area contributed by atoms with E-state index in [0.717, 1.165) is 16.3 Å². The summed E-state index contributed by atoms with van der Waals surface area (Å²) in [6, 6.07) is 27.4. The Morgan fingerprint density at radius 3 is 2.39 bits per heavy atom. The van der Waals surface area contributed by atoms with E-state index in [0.29, 0.717) is 22.6 Å². The van der Waals surface area contributed by atoms with Crippen LogP contribution >= 0.6 is 0 Å². The highest BCUT2D eigenvalue weighted by Crippen LogP contribution is 2.27. The summed E-state index contributed by atoms with van der Waals surface area (Å²) in [7, 11) is 0. The monoisotopic (exact) mass is 438 g/mol. The maximum Gasteiger partial charge on any atom is 0.343 e. The predicted molar refractivity (Wildman–Crippen MR) is 128 cm³/mol. The molecule has 1 N–H and O–H groups in total. The molecule has 0 spiro atoms. The maximum absolute atomic E-state index is 12.6. The molecule has 1 amide bonds. The maximum atomic E-state index is 12.6. The number of nitrogens with one attached hydrogen (secondary N) is 1. The van der Waals surface area contributed by atoms with Gasteiger partial charge < -0.3 is 9.47 Å². The van der Waals surface area contributed by atoms with Crippen LogP contribution in [0.5, 0.6) is 11.5 Å². The van der Waals surface area contributed by atoms with E-state index in [-0.39, 0.29) is 6.61 Å². The van der Waals surface area contributed by atoms with Crippen LogP contribution in [-0.4, -0.2) is 24.7 Å². The molecule has 0 radical (unpaired) electrons. The third kappa shape index (κ3) is 5.62. The average Bonchev–Trinajstić information content (AvgIpc) is 2.85. The van der Waals surface area contributed by atoms with Crippen LogP contribution in [0.4, 0.5) is 0 Å². The Kier molecular flexibility index (Phi) is 6.75. The van der Waals surface area contributed by atoms with Crippen molar-refractivity contribution in [1.29, 1.82) is 0 Å². The smallest absolute Gasteiger partial charge is 0.343 e. The zero-order valence-corrected chi connectivity index (χ0v) is 18.0. The molecule has 0 aliphatic rings. The Labute approximate surface area is 191 Å². The molecule has 0 fully saturated rings. The summed E-state index contributed by atoms with van der Waals surface area (Å²) < 4.78 is 11.1. The number of hydrogen-bond acceptors (Lipinski definition) is 5. The first-order valence-electron chi connectivity index (χ1n) is 10.4. The van der Waals surface area contributed by atoms with Crippen LogP contribution in [0.2, 0.25) is 0 Å². The first-order valence-corrected chi connectivity index (χ1v) is 10.4. The molecule has 4 aromatic rings. The fraction of sp³-hybridized carbons (Fsp3) is 0.0741. The number of amides is 1. The lowest BCUT2D eigenvalue weighted by molar-refractivity contribution is -0.123. The van der Waals surface area contributed by atoms with Gasteiger partial charge in [0, 0.05) is 5.56 Å². The summed E-state index contributed by atoms with van der Waals surface area (Å²) in [5, 5.41) is 5.85. The zero-order valence-electron chi connectivity index (χ0n) is 18.0. The van der Waals surface area contributed by atoms with E-state index in [1.54, 1.807) is 42.5 Å². The van der Waals surface area contributed by atoms with Crippen molar-refractivity contribution in [2.75, 3.05) is 6.61 Å². The van der Waals surface area contributed by atoms with Gasteiger partial charge in [0.2, 0.25) is 0 Å². The van der Waals surface area contributed by atoms with Gasteiger partial charge in [-0.15, -0.1) is 0 Å². The van der Waals surface area contributed by atoms with Crippen LogP contribution in [0, 0.1) is 6.92 Å². The van der Waals surface area contributed by atoms with E-state index in [1.165, 1.54) is 6.21 Å². The van der Waals surface area contributed by atoms with Gasteiger partial charge in [-0.3, -0.25) is 4.79 Å². The number of carbonyl (C=O) groups excluding carboxylic acids is 2. The standard InChI is InChI=1S/C27H22N2O4/c1-19-11-14-22(15-12-19)32-18-26(30)29-28-17-24-23-10-6-5-7-20(23)13-16-25(24)33-27(31)21-8-3-2-4-9-21/h2-17H,18H2,1H3,(H,29,30)/b28-17+. The van der Waals surface area contributed by atoms with Crippen molar-refractivity contribution in [2.45, 2.75) is 6.92 Å². The second kappa shape index (κ2) is 10.2. The van der Waals surface area contributed by atoms with Gasteiger partial charge in [0.1, 0.15) is 11.5 Å². The minimum Gasteiger partial charge on any atom is -0.484 e. The highest BCUT2D eigenvalue weighted by Gasteiger charge is 2.13. The summed E-state index contributed by atoms with van der Waals surface area (Å²) in [5.41, 5.74) is 4.58. The molecule has 0 aromatic heterocycles. The number of esters is 1. The quantitative estimate of drug-likeness (QED) is 0.193. The number of hydrogen-bond donors (Lipinski definition) is 1. The molecule has 6 heteroatoms. The minimum atomic E-state index is -0.476. The Balaban J connectivity index is 1.49. The van der Waals surface area contributed by atoms with Gasteiger partial charge in [0.25, 0.3) is 5.91 Å². The van der Waals surface area contributed by atoms with Gasteiger partial charge in [0.05, 0.1) is 11.8 Å². The van der Waals surface area contributed by atoms with Gasteiger partial charge in [-0.2, -0.15) is 5.10 Å². The molecule has 0 aliphatic heterocycles. The molecular weight excluding hydrogens is 416 g/mol. The SMILES string of the molecule is Cc1ccc(OCC(=O)N/N=C/c2c(OC(=O)c3ccccc3)ccc3ccccc23)cc1. The Bertz CT molecular complexity index is 1300. The van der Waals surface area contributed by atoms with Crippen LogP contribution in [0.15, 0.2) is 96.1 Å². The highest BCUT2D eigenvalue weighted by molar-refractivity contribution is 6.04. The number of ether oxygens (including phenoxy) is 2. The molecule has 6 nitrogen and oxygen atoms in total. The summed E-state index contributed by atoms with van der Waals surface area (Å²) in [5.74, 6) is 0.0614. The molecule has 33 heavy (non-hydrogen) atoms. The lowest BCUT2D eigenvalue weighted by Gasteiger charge is -2.10. The van der Waals surface area contributed by atoms with Crippen LogP contribution in [-0.2, 0) is 4.79 Å². The van der Waals surface area contributed by atoms with Gasteiger partial charge in [-0.05, 0) is 48.0 Å². The highest BCUT2D eigenvalue weighted by atomic mass is 16.5. The normalized spacial score (nSPS) is 10.8. The molecule has 0 bridgehead atoms. The second-order valence-electron chi connectivity index (χ2n) is 7.35. The lowest BCUT2D eigenvalue weighted by atomic mass is 10.0. The molecule has 0 saturated heterocycles. The fourth-order valence-electron chi connectivity index (χ4n) is 3.22. The summed E-state index contributed by atoms with van der Waals surface area (Å²) >= 11 is 0. The summed E-state index contributed by atoms with van der Waals surface area (Å²) in [6.07, 6.45) is 1.47. The fourth-order valence-corrected chi connectivity index (χ4v) is 3.22. The van der Waals surface area contributed by atoms with E-state index in [9.17, 15) is 9.59 Å². The molecule has 0 atom stereocenters. The van der Waals surface area contributed by atoms with Crippen molar-refractivity contribution in [3.05, 3.63) is 108 Å². The number of nitrogens with zero attached hydrogens (tertiary/aromatic N) is 1. The number of rotatable bonds is 7. The predicted octanol–water partition coefficient (Wildman–Crippen LogP) is 4.90. The zero-order chi connectivity index (χ0) is 23.0. The number of fused-ring (bicyclic) bond motifs is 1. The summed E-state index contributed by atoms with van der Waals surface area (Å²) in [6.45, 7) is 1.80. The van der Waals surface area contributed by atoms with Gasteiger partial charge >= 0.3 is 5.97 Å². The molecular formula is C27H22N2O4. The Morgan fingerprint density at radius 2 is 1.61 bits per heavy atom. The van der Waals surface area contributed by atoms with Crippen LogP contribution < -0.4 is 14.9 Å². The second-order valence-corrected chi connectivity index (χ2v) is 7.35. The number of hydrazone groups is 1. The van der Waals surface area contributed by atoms with Crippen molar-refractivity contribution in [1.82, 2.24) is 5.43 Å². The minimum absolute atomic E-state index is 0.175. The van der Waals surface area contributed by atoms with Crippen molar-refractivity contribution in [2.24, 2.45) is 5.10 Å². The van der Waals surface area contributed by atoms with Crippen LogP contribution in [0.3, 0.4) is 0 Å². The molecule has 0 aliphatic carbocycles. The van der Waals surface area contributed by atoms with E-state index in [2.05, 4.69) is 10.5 Å². The first-order chi connectivity index (χ1) is 16.1. The molecule has 0 unspecified atom stereocenters. The van der Waals surface area contributed by atoms with E-state index in [1.807, 2.05) is 55.5 Å². The molecule has 4 aromatic carbocycles. The van der Waals surface area contributed by atoms with Crippen molar-refractivity contribution in [3.63, 3.8) is 0 Å². The molecule has 0 heterocycles. The summed E-state index contributed by atoms with van der Waals surface area (Å²) in [4.78, 5) is 24.7. The average molecular weight is 438 g/mol. The molecule has 164 valence electrons. The number of carbonyl (C=O) groups is 2. The van der Waals surface area contributed by atoms with Crippen molar-refractivity contribution in [3.8, 4) is 11.5 Å². The molecule has 0 saturated carbocycles. The molecule has 4 rings (SSSR count). The van der Waals surface area contributed by atoms with Crippen LogP contribution in [0.25, 0.3) is 10.8 Å². The first kappa shape index (κ1) is 21.8. The van der Waals surface area contributed by atoms with Crippen molar-refractivity contribution < 1.29 is 19.1 Å². The van der Waals surface area contributed by atoms with Crippen molar-refractivity contribution >= 4 is 28.9 Å². The third-order valence-electron chi connectivity index (χ3n) is 4.92. The Hall–Kier alpha value is -4.45. The van der Waals surface area contributed by atoms with Gasteiger partial charge in [-0.1, -0.05) is 66.2 Å². The van der Waals surface area contributed by atoms with Gasteiger partial charge in [-0.25, -0.2) is 10.2 Å². The largest absolute Gasteiger partial charge is 0.484 e. The van der Waals surface area contributed by atoms with E-state index < -0.39 is 11.9 Å². The van der Waals surface area contributed by atoms with Gasteiger partial charge in [0.15, 0.2) is 6.61 Å². The third-order valence-corrected chi connectivity index (χ3v) is 4.92. The topological polar surface area (TPSA) is 77.0 Å². The van der Waals surface area contributed by atoms with E-state index >= 15 is 0 Å². The number of benzene rings is 4.